The Kier molecular flexibility index (Phi) is 6.20. The normalized spacial score (nSPS) is 20.1. The third kappa shape index (κ3) is 4.43. The highest BCUT2D eigenvalue weighted by atomic mass is 16.5. The van der Waals surface area contributed by atoms with Crippen molar-refractivity contribution in [3.05, 3.63) is 0 Å². The number of likely N-dealkylation sites (tertiary alicyclic amines) is 1. The standard InChI is InChI=1S/C12H25NO/c1-3-7-12(4-2)14-11-10-13-8-5-6-9-13/h12H,3-11H2,1-2H3/t12-/m1/s1. The van der Waals surface area contributed by atoms with Gasteiger partial charge in [-0.05, 0) is 38.8 Å². The zero-order chi connectivity index (χ0) is 10.2. The molecule has 2 nitrogen and oxygen atoms in total. The fourth-order valence-electron chi connectivity index (χ4n) is 2.08. The summed E-state index contributed by atoms with van der Waals surface area (Å²) < 4.78 is 5.85. The lowest BCUT2D eigenvalue weighted by molar-refractivity contribution is 0.0331. The first kappa shape index (κ1) is 12.0. The first-order valence-corrected chi connectivity index (χ1v) is 6.20. The molecule has 1 atom stereocenters. The summed E-state index contributed by atoms with van der Waals surface area (Å²) in [5, 5.41) is 0. The molecular formula is C12H25NO. The van der Waals surface area contributed by atoms with Crippen molar-refractivity contribution in [2.24, 2.45) is 0 Å². The summed E-state index contributed by atoms with van der Waals surface area (Å²) in [6.45, 7) is 9.09. The minimum absolute atomic E-state index is 0.502. The average Bonchev–Trinajstić information content (AvgIpc) is 2.69. The molecule has 0 aromatic rings. The van der Waals surface area contributed by atoms with Gasteiger partial charge in [-0.25, -0.2) is 0 Å². The number of rotatable bonds is 7. The molecule has 1 saturated heterocycles. The van der Waals surface area contributed by atoms with E-state index < -0.39 is 0 Å². The van der Waals surface area contributed by atoms with E-state index in [4.69, 9.17) is 4.74 Å². The molecule has 0 radical (unpaired) electrons. The van der Waals surface area contributed by atoms with Gasteiger partial charge in [0.25, 0.3) is 0 Å². The molecule has 84 valence electrons. The number of hydrogen-bond acceptors (Lipinski definition) is 2. The van der Waals surface area contributed by atoms with Crippen LogP contribution in [0, 0.1) is 0 Å². The highest BCUT2D eigenvalue weighted by Crippen LogP contribution is 2.09. The van der Waals surface area contributed by atoms with Crippen molar-refractivity contribution in [3.63, 3.8) is 0 Å². The van der Waals surface area contributed by atoms with E-state index in [1.807, 2.05) is 0 Å². The number of hydrogen-bond donors (Lipinski definition) is 0. The monoisotopic (exact) mass is 199 g/mol. The highest BCUT2D eigenvalue weighted by Gasteiger charge is 2.11. The fraction of sp³-hybridized carbons (Fsp3) is 1.00. The lowest BCUT2D eigenvalue weighted by atomic mass is 10.2. The van der Waals surface area contributed by atoms with Gasteiger partial charge in [0.2, 0.25) is 0 Å². The Morgan fingerprint density at radius 3 is 2.50 bits per heavy atom. The lowest BCUT2D eigenvalue weighted by Crippen LogP contribution is -2.26. The van der Waals surface area contributed by atoms with Crippen molar-refractivity contribution in [3.8, 4) is 0 Å². The van der Waals surface area contributed by atoms with Crippen LogP contribution in [0.4, 0.5) is 0 Å². The van der Waals surface area contributed by atoms with Crippen molar-refractivity contribution in [1.29, 1.82) is 0 Å². The van der Waals surface area contributed by atoms with Gasteiger partial charge in [-0.2, -0.15) is 0 Å². The van der Waals surface area contributed by atoms with Gasteiger partial charge in [0.05, 0.1) is 12.7 Å². The average molecular weight is 199 g/mol. The molecule has 1 fully saturated rings. The van der Waals surface area contributed by atoms with Gasteiger partial charge in [-0.15, -0.1) is 0 Å². The van der Waals surface area contributed by atoms with Crippen molar-refractivity contribution < 1.29 is 4.74 Å². The smallest absolute Gasteiger partial charge is 0.0597 e. The van der Waals surface area contributed by atoms with Crippen LogP contribution < -0.4 is 0 Å². The van der Waals surface area contributed by atoms with E-state index >= 15 is 0 Å². The molecule has 0 aromatic heterocycles. The number of ether oxygens (including phenoxy) is 1. The highest BCUT2D eigenvalue weighted by molar-refractivity contribution is 4.65. The third-order valence-electron chi connectivity index (χ3n) is 3.03. The predicted molar refractivity (Wildman–Crippen MR) is 60.6 cm³/mol. The minimum atomic E-state index is 0.502. The minimum Gasteiger partial charge on any atom is -0.377 e. The second-order valence-electron chi connectivity index (χ2n) is 4.24. The molecule has 0 unspecified atom stereocenters. The van der Waals surface area contributed by atoms with E-state index in [1.54, 1.807) is 0 Å². The van der Waals surface area contributed by atoms with E-state index in [9.17, 15) is 0 Å². The molecule has 0 aromatic carbocycles. The van der Waals surface area contributed by atoms with E-state index in [0.717, 1.165) is 19.6 Å². The van der Waals surface area contributed by atoms with Crippen LogP contribution in [0.5, 0.6) is 0 Å². The molecule has 0 N–H and O–H groups in total. The second-order valence-corrected chi connectivity index (χ2v) is 4.24. The largest absolute Gasteiger partial charge is 0.377 e. The Hall–Kier alpha value is -0.0800. The van der Waals surface area contributed by atoms with Crippen LogP contribution >= 0.6 is 0 Å². The molecule has 1 aliphatic heterocycles. The van der Waals surface area contributed by atoms with Crippen molar-refractivity contribution >= 4 is 0 Å². The van der Waals surface area contributed by atoms with Crippen LogP contribution in [0.2, 0.25) is 0 Å². The summed E-state index contributed by atoms with van der Waals surface area (Å²) >= 11 is 0. The zero-order valence-electron chi connectivity index (χ0n) is 9.80. The van der Waals surface area contributed by atoms with Crippen LogP contribution in [0.25, 0.3) is 0 Å². The molecular weight excluding hydrogens is 174 g/mol. The van der Waals surface area contributed by atoms with Crippen molar-refractivity contribution in [2.45, 2.75) is 52.1 Å². The zero-order valence-corrected chi connectivity index (χ0v) is 9.80. The van der Waals surface area contributed by atoms with Crippen molar-refractivity contribution in [2.75, 3.05) is 26.2 Å². The Balaban J connectivity index is 2.00. The van der Waals surface area contributed by atoms with Gasteiger partial charge in [-0.3, -0.25) is 0 Å². The van der Waals surface area contributed by atoms with Crippen LogP contribution in [0.1, 0.15) is 46.0 Å². The van der Waals surface area contributed by atoms with Gasteiger partial charge in [-0.1, -0.05) is 20.3 Å². The van der Waals surface area contributed by atoms with E-state index in [2.05, 4.69) is 18.7 Å². The Morgan fingerprint density at radius 2 is 1.93 bits per heavy atom. The molecule has 1 rings (SSSR count). The van der Waals surface area contributed by atoms with E-state index in [0.29, 0.717) is 6.10 Å². The van der Waals surface area contributed by atoms with Gasteiger partial charge in [0.1, 0.15) is 0 Å². The van der Waals surface area contributed by atoms with Crippen LogP contribution in [-0.4, -0.2) is 37.2 Å². The summed E-state index contributed by atoms with van der Waals surface area (Å²) in [4.78, 5) is 2.51. The molecule has 2 heteroatoms. The third-order valence-corrected chi connectivity index (χ3v) is 3.03. The summed E-state index contributed by atoms with van der Waals surface area (Å²) in [6, 6.07) is 0. The second kappa shape index (κ2) is 7.24. The molecule has 0 amide bonds. The van der Waals surface area contributed by atoms with Crippen molar-refractivity contribution in [1.82, 2.24) is 4.90 Å². The molecule has 0 spiro atoms. The Labute approximate surface area is 88.6 Å². The van der Waals surface area contributed by atoms with E-state index in [1.165, 1.54) is 38.8 Å². The summed E-state index contributed by atoms with van der Waals surface area (Å²) in [5.41, 5.74) is 0. The molecule has 0 aliphatic carbocycles. The maximum absolute atomic E-state index is 5.85. The summed E-state index contributed by atoms with van der Waals surface area (Å²) in [5.74, 6) is 0. The molecule has 0 saturated carbocycles. The Bertz CT molecular complexity index is 132. The lowest BCUT2D eigenvalue weighted by Gasteiger charge is -2.18. The number of nitrogens with zero attached hydrogens (tertiary/aromatic N) is 1. The van der Waals surface area contributed by atoms with Crippen LogP contribution in [0.3, 0.4) is 0 Å². The van der Waals surface area contributed by atoms with Crippen LogP contribution in [-0.2, 0) is 4.74 Å². The van der Waals surface area contributed by atoms with E-state index in [-0.39, 0.29) is 0 Å². The fourth-order valence-corrected chi connectivity index (χ4v) is 2.08. The summed E-state index contributed by atoms with van der Waals surface area (Å²) in [6.07, 6.45) is 6.88. The maximum Gasteiger partial charge on any atom is 0.0597 e. The first-order chi connectivity index (χ1) is 6.86. The molecule has 14 heavy (non-hydrogen) atoms. The SMILES string of the molecule is CCC[C@@H](CC)OCCN1CCCC1. The topological polar surface area (TPSA) is 12.5 Å². The quantitative estimate of drug-likeness (QED) is 0.625. The van der Waals surface area contributed by atoms with Gasteiger partial charge < -0.3 is 9.64 Å². The maximum atomic E-state index is 5.85. The summed E-state index contributed by atoms with van der Waals surface area (Å²) in [7, 11) is 0. The first-order valence-electron chi connectivity index (χ1n) is 6.20. The predicted octanol–water partition coefficient (Wildman–Crippen LogP) is 2.68. The molecule has 0 bridgehead atoms. The van der Waals surface area contributed by atoms with Crippen LogP contribution in [0.15, 0.2) is 0 Å². The van der Waals surface area contributed by atoms with Gasteiger partial charge in [0, 0.05) is 6.54 Å². The molecule has 1 aliphatic rings. The molecule has 1 heterocycles. The Morgan fingerprint density at radius 1 is 1.21 bits per heavy atom. The van der Waals surface area contributed by atoms with Gasteiger partial charge in [0.15, 0.2) is 0 Å². The van der Waals surface area contributed by atoms with Gasteiger partial charge >= 0.3 is 0 Å².